The van der Waals surface area contributed by atoms with Gasteiger partial charge in [0.2, 0.25) is 11.8 Å². The first-order valence-corrected chi connectivity index (χ1v) is 5.96. The van der Waals surface area contributed by atoms with Crippen LogP contribution in [0.5, 0.6) is 0 Å². The summed E-state index contributed by atoms with van der Waals surface area (Å²) in [5.41, 5.74) is 7.70. The number of nitrogens with one attached hydrogen (secondary N) is 1. The number of nitrogens with two attached hydrogens (primary N) is 1. The van der Waals surface area contributed by atoms with E-state index in [-0.39, 0.29) is 24.4 Å². The first-order valence-electron chi connectivity index (χ1n) is 5.96. The molecule has 96 valence electrons. The first kappa shape index (κ1) is 12.7. The highest BCUT2D eigenvalue weighted by molar-refractivity contribution is 6.00. The summed E-state index contributed by atoms with van der Waals surface area (Å²) in [7, 11) is 0. The third kappa shape index (κ3) is 2.75. The van der Waals surface area contributed by atoms with Crippen LogP contribution in [0.1, 0.15) is 18.1 Å². The molecule has 5 nitrogen and oxygen atoms in total. The number of carbonyl (C=O) groups excluding carboxylic acids is 2. The van der Waals surface area contributed by atoms with Crippen molar-refractivity contribution < 1.29 is 9.59 Å². The van der Waals surface area contributed by atoms with E-state index < -0.39 is 0 Å². The molecule has 5 heteroatoms. The van der Waals surface area contributed by atoms with Crippen LogP contribution < -0.4 is 11.1 Å². The van der Waals surface area contributed by atoms with Crippen molar-refractivity contribution in [2.75, 3.05) is 6.54 Å². The maximum atomic E-state index is 11.5. The fraction of sp³-hybridized carbons (Fsp3) is 0.385. The zero-order valence-electron chi connectivity index (χ0n) is 10.3. The van der Waals surface area contributed by atoms with Crippen LogP contribution in [-0.2, 0) is 22.7 Å². The summed E-state index contributed by atoms with van der Waals surface area (Å²) in [6.45, 7) is 3.12. The zero-order chi connectivity index (χ0) is 13.1. The van der Waals surface area contributed by atoms with Crippen LogP contribution in [-0.4, -0.2) is 29.3 Å². The van der Waals surface area contributed by atoms with E-state index in [1.54, 1.807) is 6.92 Å². The summed E-state index contributed by atoms with van der Waals surface area (Å²) in [4.78, 5) is 24.7. The second-order valence-electron chi connectivity index (χ2n) is 4.52. The Bertz CT molecular complexity index is 473. The van der Waals surface area contributed by atoms with Crippen molar-refractivity contribution in [3.05, 3.63) is 35.4 Å². The minimum Gasteiger partial charge on any atom is -0.326 e. The molecule has 1 aromatic carbocycles. The highest BCUT2D eigenvalue weighted by Crippen LogP contribution is 2.12. The van der Waals surface area contributed by atoms with E-state index in [1.807, 2.05) is 29.2 Å². The van der Waals surface area contributed by atoms with Gasteiger partial charge in [-0.2, -0.15) is 0 Å². The molecule has 0 radical (unpaired) electrons. The topological polar surface area (TPSA) is 75.4 Å². The summed E-state index contributed by atoms with van der Waals surface area (Å²) in [6.07, 6.45) is 0. The minimum atomic E-state index is -0.288. The Labute approximate surface area is 106 Å². The Morgan fingerprint density at radius 1 is 1.39 bits per heavy atom. The highest BCUT2D eigenvalue weighted by atomic mass is 16.2. The van der Waals surface area contributed by atoms with E-state index >= 15 is 0 Å². The van der Waals surface area contributed by atoms with Gasteiger partial charge < -0.3 is 5.73 Å². The van der Waals surface area contributed by atoms with E-state index in [4.69, 9.17) is 5.73 Å². The summed E-state index contributed by atoms with van der Waals surface area (Å²) in [5, 5.41) is 2.33. The molecule has 18 heavy (non-hydrogen) atoms. The molecule has 1 saturated heterocycles. The smallest absolute Gasteiger partial charge is 0.243 e. The lowest BCUT2D eigenvalue weighted by atomic mass is 10.1. The van der Waals surface area contributed by atoms with E-state index in [2.05, 4.69) is 5.32 Å². The molecular weight excluding hydrogens is 230 g/mol. The number of nitrogens with zero attached hydrogens (tertiary/aromatic N) is 1. The van der Waals surface area contributed by atoms with Crippen LogP contribution in [0.3, 0.4) is 0 Å². The Hall–Kier alpha value is -1.72. The van der Waals surface area contributed by atoms with Crippen LogP contribution in [0.15, 0.2) is 24.3 Å². The van der Waals surface area contributed by atoms with Gasteiger partial charge in [0.15, 0.2) is 0 Å². The van der Waals surface area contributed by atoms with Crippen molar-refractivity contribution in [2.45, 2.75) is 26.1 Å². The average molecular weight is 247 g/mol. The van der Waals surface area contributed by atoms with Crippen molar-refractivity contribution in [1.29, 1.82) is 0 Å². The van der Waals surface area contributed by atoms with Crippen molar-refractivity contribution in [3.63, 3.8) is 0 Å². The SMILES string of the molecule is CC1C(=O)NC(=O)CN1Cc1cccc(CN)c1. The number of hydrogen-bond donors (Lipinski definition) is 2. The standard InChI is InChI=1S/C13H17N3O2/c1-9-13(18)15-12(17)8-16(9)7-11-4-2-3-10(5-11)6-14/h2-5,9H,6-8,14H2,1H3,(H,15,17,18). The van der Waals surface area contributed by atoms with E-state index in [0.29, 0.717) is 13.1 Å². The van der Waals surface area contributed by atoms with Gasteiger partial charge in [-0.25, -0.2) is 0 Å². The lowest BCUT2D eigenvalue weighted by molar-refractivity contribution is -0.139. The van der Waals surface area contributed by atoms with Gasteiger partial charge in [0.1, 0.15) is 0 Å². The molecule has 1 fully saturated rings. The molecule has 1 atom stereocenters. The second kappa shape index (κ2) is 5.29. The molecule has 1 heterocycles. The fourth-order valence-corrected chi connectivity index (χ4v) is 2.05. The average Bonchev–Trinajstić information content (AvgIpc) is 2.35. The Kier molecular flexibility index (Phi) is 3.74. The van der Waals surface area contributed by atoms with Gasteiger partial charge in [0, 0.05) is 13.1 Å². The summed E-state index contributed by atoms with van der Waals surface area (Å²) >= 11 is 0. The molecule has 1 aliphatic heterocycles. The number of hydrogen-bond acceptors (Lipinski definition) is 4. The van der Waals surface area contributed by atoms with Gasteiger partial charge in [-0.15, -0.1) is 0 Å². The number of carbonyl (C=O) groups is 2. The molecule has 0 aromatic heterocycles. The molecule has 0 aliphatic carbocycles. The van der Waals surface area contributed by atoms with Crippen LogP contribution in [0, 0.1) is 0 Å². The molecule has 2 rings (SSSR count). The predicted octanol–water partition coefficient (Wildman–Crippen LogP) is -0.00780. The van der Waals surface area contributed by atoms with Crippen molar-refractivity contribution in [2.24, 2.45) is 5.73 Å². The van der Waals surface area contributed by atoms with Crippen LogP contribution in [0.25, 0.3) is 0 Å². The maximum absolute atomic E-state index is 11.5. The van der Waals surface area contributed by atoms with Crippen LogP contribution in [0.2, 0.25) is 0 Å². The van der Waals surface area contributed by atoms with E-state index in [0.717, 1.165) is 11.1 Å². The lowest BCUT2D eigenvalue weighted by Gasteiger charge is -2.31. The number of benzene rings is 1. The largest absolute Gasteiger partial charge is 0.326 e. The molecule has 3 N–H and O–H groups in total. The Morgan fingerprint density at radius 3 is 2.83 bits per heavy atom. The first-order chi connectivity index (χ1) is 8.60. The third-order valence-electron chi connectivity index (χ3n) is 3.15. The van der Waals surface area contributed by atoms with Crippen molar-refractivity contribution in [3.8, 4) is 0 Å². The van der Waals surface area contributed by atoms with Gasteiger partial charge in [-0.05, 0) is 18.1 Å². The lowest BCUT2D eigenvalue weighted by Crippen LogP contribution is -2.56. The second-order valence-corrected chi connectivity index (χ2v) is 4.52. The zero-order valence-corrected chi connectivity index (χ0v) is 10.3. The minimum absolute atomic E-state index is 0.235. The van der Waals surface area contributed by atoms with Crippen LogP contribution in [0.4, 0.5) is 0 Å². The summed E-state index contributed by atoms with van der Waals surface area (Å²) < 4.78 is 0. The quantitative estimate of drug-likeness (QED) is 0.737. The van der Waals surface area contributed by atoms with Crippen molar-refractivity contribution in [1.82, 2.24) is 10.2 Å². The number of imide groups is 1. The fourth-order valence-electron chi connectivity index (χ4n) is 2.05. The van der Waals surface area contributed by atoms with Gasteiger partial charge in [-0.3, -0.25) is 19.8 Å². The normalized spacial score (nSPS) is 20.9. The molecular formula is C13H17N3O2. The maximum Gasteiger partial charge on any atom is 0.243 e. The Balaban J connectivity index is 2.11. The molecule has 2 amide bonds. The number of rotatable bonds is 3. The van der Waals surface area contributed by atoms with E-state index in [1.165, 1.54) is 0 Å². The molecule has 0 bridgehead atoms. The highest BCUT2D eigenvalue weighted by Gasteiger charge is 2.29. The monoisotopic (exact) mass is 247 g/mol. The van der Waals surface area contributed by atoms with Crippen molar-refractivity contribution >= 4 is 11.8 Å². The Morgan fingerprint density at radius 2 is 2.11 bits per heavy atom. The van der Waals surface area contributed by atoms with Crippen LogP contribution >= 0.6 is 0 Å². The third-order valence-corrected chi connectivity index (χ3v) is 3.15. The van der Waals surface area contributed by atoms with Gasteiger partial charge in [-0.1, -0.05) is 24.3 Å². The predicted molar refractivity (Wildman–Crippen MR) is 67.4 cm³/mol. The number of amides is 2. The van der Waals surface area contributed by atoms with E-state index in [9.17, 15) is 9.59 Å². The van der Waals surface area contributed by atoms with Gasteiger partial charge in [0.05, 0.1) is 12.6 Å². The number of piperazine rings is 1. The van der Waals surface area contributed by atoms with Gasteiger partial charge in [0.25, 0.3) is 0 Å². The molecule has 1 unspecified atom stereocenters. The molecule has 1 aliphatic rings. The molecule has 0 spiro atoms. The summed E-state index contributed by atoms with van der Waals surface area (Å²) in [6, 6.07) is 7.59. The van der Waals surface area contributed by atoms with Gasteiger partial charge >= 0.3 is 0 Å². The molecule has 0 saturated carbocycles. The molecule has 1 aromatic rings. The summed E-state index contributed by atoms with van der Waals surface area (Å²) in [5.74, 6) is -0.477.